The van der Waals surface area contributed by atoms with Crippen LogP contribution in [0.25, 0.3) is 0 Å². The lowest BCUT2D eigenvalue weighted by atomic mass is 10.1. The van der Waals surface area contributed by atoms with Crippen LogP contribution in [0, 0.1) is 5.82 Å². The van der Waals surface area contributed by atoms with Crippen LogP contribution >= 0.6 is 11.6 Å². The standard InChI is InChI=1S/C17H19ClFN/c1-13(10-11-14-6-3-2-4-7-14)20-12-15-16(18)8-5-9-17(15)19/h2-9,13,20H,10-12H2,1H3/t13-/m1/s1. The molecule has 3 heteroatoms. The summed E-state index contributed by atoms with van der Waals surface area (Å²) in [4.78, 5) is 0. The molecule has 106 valence electrons. The van der Waals surface area contributed by atoms with Crippen molar-refractivity contribution >= 4 is 11.6 Å². The third-order valence-electron chi connectivity index (χ3n) is 3.40. The predicted molar refractivity (Wildman–Crippen MR) is 82.5 cm³/mol. The molecule has 0 saturated heterocycles. The highest BCUT2D eigenvalue weighted by atomic mass is 35.5. The fourth-order valence-corrected chi connectivity index (χ4v) is 2.34. The molecule has 0 aliphatic heterocycles. The molecule has 0 unspecified atom stereocenters. The van der Waals surface area contributed by atoms with Crippen molar-refractivity contribution < 1.29 is 4.39 Å². The third-order valence-corrected chi connectivity index (χ3v) is 3.75. The van der Waals surface area contributed by atoms with Gasteiger partial charge in [-0.3, -0.25) is 0 Å². The second-order valence-electron chi connectivity index (χ2n) is 5.01. The number of hydrogen-bond donors (Lipinski definition) is 1. The lowest BCUT2D eigenvalue weighted by molar-refractivity contribution is 0.501. The molecule has 2 aromatic rings. The molecule has 0 amide bonds. The van der Waals surface area contributed by atoms with Gasteiger partial charge in [0.15, 0.2) is 0 Å². The Morgan fingerprint density at radius 1 is 1.10 bits per heavy atom. The SMILES string of the molecule is C[C@H](CCc1ccccc1)NCc1c(F)cccc1Cl. The number of halogens is 2. The molecule has 1 nitrogen and oxygen atoms in total. The number of rotatable bonds is 6. The Morgan fingerprint density at radius 3 is 2.55 bits per heavy atom. The summed E-state index contributed by atoms with van der Waals surface area (Å²) >= 11 is 6.01. The van der Waals surface area contributed by atoms with Crippen LogP contribution < -0.4 is 5.32 Å². The summed E-state index contributed by atoms with van der Waals surface area (Å²) in [6.07, 6.45) is 2.02. The van der Waals surface area contributed by atoms with E-state index in [0.717, 1.165) is 12.8 Å². The summed E-state index contributed by atoms with van der Waals surface area (Å²) in [6, 6.07) is 15.5. The van der Waals surface area contributed by atoms with Crippen LogP contribution in [0.5, 0.6) is 0 Å². The van der Waals surface area contributed by atoms with Gasteiger partial charge in [-0.2, -0.15) is 0 Å². The van der Waals surface area contributed by atoms with Gasteiger partial charge in [-0.25, -0.2) is 4.39 Å². The van der Waals surface area contributed by atoms with E-state index < -0.39 is 0 Å². The van der Waals surface area contributed by atoms with E-state index in [1.165, 1.54) is 11.6 Å². The molecular formula is C17H19ClFN. The molecule has 2 aromatic carbocycles. The van der Waals surface area contributed by atoms with E-state index in [0.29, 0.717) is 23.2 Å². The predicted octanol–water partition coefficient (Wildman–Crippen LogP) is 4.59. The van der Waals surface area contributed by atoms with Crippen molar-refractivity contribution in [1.29, 1.82) is 0 Å². The van der Waals surface area contributed by atoms with E-state index in [1.807, 2.05) is 18.2 Å². The van der Waals surface area contributed by atoms with Gasteiger partial charge in [-0.15, -0.1) is 0 Å². The minimum absolute atomic E-state index is 0.250. The first kappa shape index (κ1) is 15.0. The first-order valence-corrected chi connectivity index (χ1v) is 7.25. The lowest BCUT2D eigenvalue weighted by Gasteiger charge is -2.15. The molecular weight excluding hydrogens is 273 g/mol. The van der Waals surface area contributed by atoms with Crippen LogP contribution in [-0.4, -0.2) is 6.04 Å². The van der Waals surface area contributed by atoms with Crippen LogP contribution in [0.15, 0.2) is 48.5 Å². The highest BCUT2D eigenvalue weighted by molar-refractivity contribution is 6.31. The normalized spacial score (nSPS) is 12.3. The zero-order chi connectivity index (χ0) is 14.4. The van der Waals surface area contributed by atoms with Crippen molar-refractivity contribution in [3.05, 3.63) is 70.5 Å². The molecule has 0 aromatic heterocycles. The Hall–Kier alpha value is -1.38. The molecule has 0 bridgehead atoms. The first-order chi connectivity index (χ1) is 9.66. The second kappa shape index (κ2) is 7.41. The summed E-state index contributed by atoms with van der Waals surface area (Å²) in [5.41, 5.74) is 1.87. The van der Waals surface area contributed by atoms with E-state index >= 15 is 0 Å². The van der Waals surface area contributed by atoms with Crippen LogP contribution in [0.1, 0.15) is 24.5 Å². The van der Waals surface area contributed by atoms with Gasteiger partial charge in [0, 0.05) is 23.2 Å². The zero-order valence-corrected chi connectivity index (χ0v) is 12.3. The molecule has 0 radical (unpaired) electrons. The smallest absolute Gasteiger partial charge is 0.129 e. The van der Waals surface area contributed by atoms with Gasteiger partial charge in [0.2, 0.25) is 0 Å². The average molecular weight is 292 g/mol. The van der Waals surface area contributed by atoms with Gasteiger partial charge >= 0.3 is 0 Å². The van der Waals surface area contributed by atoms with E-state index in [4.69, 9.17) is 11.6 Å². The number of hydrogen-bond acceptors (Lipinski definition) is 1. The van der Waals surface area contributed by atoms with Crippen molar-refractivity contribution in [1.82, 2.24) is 5.32 Å². The van der Waals surface area contributed by atoms with Gasteiger partial charge in [0.1, 0.15) is 5.82 Å². The van der Waals surface area contributed by atoms with Gasteiger partial charge in [0.05, 0.1) is 0 Å². The van der Waals surface area contributed by atoms with Gasteiger partial charge in [0.25, 0.3) is 0 Å². The highest BCUT2D eigenvalue weighted by Gasteiger charge is 2.08. The van der Waals surface area contributed by atoms with Crippen molar-refractivity contribution in [2.75, 3.05) is 0 Å². The zero-order valence-electron chi connectivity index (χ0n) is 11.6. The molecule has 0 aliphatic carbocycles. The molecule has 0 saturated carbocycles. The minimum Gasteiger partial charge on any atom is -0.310 e. The summed E-state index contributed by atoms with van der Waals surface area (Å²) in [5, 5.41) is 3.81. The van der Waals surface area contributed by atoms with Gasteiger partial charge in [-0.05, 0) is 37.5 Å². The molecule has 1 N–H and O–H groups in total. The molecule has 2 rings (SSSR count). The Balaban J connectivity index is 1.82. The maximum Gasteiger partial charge on any atom is 0.129 e. The summed E-state index contributed by atoms with van der Waals surface area (Å²) < 4.78 is 13.6. The lowest BCUT2D eigenvalue weighted by Crippen LogP contribution is -2.26. The molecule has 1 atom stereocenters. The Bertz CT molecular complexity index is 522. The molecule has 0 spiro atoms. The molecule has 20 heavy (non-hydrogen) atoms. The van der Waals surface area contributed by atoms with E-state index in [1.54, 1.807) is 12.1 Å². The van der Waals surface area contributed by atoms with E-state index in [9.17, 15) is 4.39 Å². The van der Waals surface area contributed by atoms with E-state index in [2.05, 4.69) is 24.4 Å². The highest BCUT2D eigenvalue weighted by Crippen LogP contribution is 2.18. The van der Waals surface area contributed by atoms with Crippen LogP contribution in [-0.2, 0) is 13.0 Å². The van der Waals surface area contributed by atoms with Crippen LogP contribution in [0.2, 0.25) is 5.02 Å². The number of aryl methyl sites for hydroxylation is 1. The van der Waals surface area contributed by atoms with Crippen molar-refractivity contribution in [2.45, 2.75) is 32.4 Å². The Morgan fingerprint density at radius 2 is 1.85 bits per heavy atom. The summed E-state index contributed by atoms with van der Waals surface area (Å²) in [7, 11) is 0. The van der Waals surface area contributed by atoms with Crippen molar-refractivity contribution in [2.24, 2.45) is 0 Å². The first-order valence-electron chi connectivity index (χ1n) is 6.87. The quantitative estimate of drug-likeness (QED) is 0.821. The molecule has 0 aliphatic rings. The van der Waals surface area contributed by atoms with Gasteiger partial charge < -0.3 is 5.32 Å². The molecule has 0 heterocycles. The fraction of sp³-hybridized carbons (Fsp3) is 0.294. The van der Waals surface area contributed by atoms with Gasteiger partial charge in [-0.1, -0.05) is 48.0 Å². The number of benzene rings is 2. The maximum atomic E-state index is 13.6. The minimum atomic E-state index is -0.250. The summed E-state index contributed by atoms with van der Waals surface area (Å²) in [5.74, 6) is -0.250. The topological polar surface area (TPSA) is 12.0 Å². The maximum absolute atomic E-state index is 13.6. The molecule has 0 fully saturated rings. The summed E-state index contributed by atoms with van der Waals surface area (Å²) in [6.45, 7) is 2.57. The van der Waals surface area contributed by atoms with Crippen LogP contribution in [0.3, 0.4) is 0 Å². The second-order valence-corrected chi connectivity index (χ2v) is 5.41. The van der Waals surface area contributed by atoms with E-state index in [-0.39, 0.29) is 5.82 Å². The van der Waals surface area contributed by atoms with Crippen molar-refractivity contribution in [3.63, 3.8) is 0 Å². The fourth-order valence-electron chi connectivity index (χ4n) is 2.11. The largest absolute Gasteiger partial charge is 0.310 e. The third kappa shape index (κ3) is 4.32. The van der Waals surface area contributed by atoms with Crippen LogP contribution in [0.4, 0.5) is 4.39 Å². The monoisotopic (exact) mass is 291 g/mol. The Labute approximate surface area is 124 Å². The average Bonchev–Trinajstić information content (AvgIpc) is 2.46. The van der Waals surface area contributed by atoms with Crippen molar-refractivity contribution in [3.8, 4) is 0 Å². The Kier molecular flexibility index (Phi) is 5.57. The number of nitrogens with one attached hydrogen (secondary N) is 1.